The van der Waals surface area contributed by atoms with Crippen molar-refractivity contribution in [1.29, 1.82) is 0 Å². The molecule has 9 aromatic carbocycles. The van der Waals surface area contributed by atoms with Crippen molar-refractivity contribution < 1.29 is 0 Å². The topological polar surface area (TPSA) is 8.17 Å². The number of hydrogen-bond donors (Lipinski definition) is 0. The molecule has 2 nitrogen and oxygen atoms in total. The SMILES string of the molecule is CC(C)CC(c1ccc(-c2ccc3c(c2)c2cc(-c4ccc(N(c5ccc(-c6ccccc6)cc5)c5ccc6c(c5)C(C)(C)c5ccccc5-6)cc4)ccc2n3-c2ccc(C(C)(C)C)cc2)cc1)C(C)C. The second-order valence-corrected chi connectivity index (χ2v) is 22.4. The largest absolute Gasteiger partial charge is 0.310 e. The third kappa shape index (κ3) is 8.48. The van der Waals surface area contributed by atoms with Crippen LogP contribution >= 0.6 is 0 Å². The molecule has 0 fully saturated rings. The standard InChI is InChI=1S/C69H66N2/c1-45(2)41-61(46(3)4)51-21-19-49(20-22-51)52-27-39-66-62(42-52)63-43-53(28-40-67(63)71(66)57-35-29-54(30-36-57)68(5,6)7)50-25-33-56(34-26-50)70(55-31-23-48(24-32-55)47-15-11-10-12-16-47)58-37-38-60-59-17-13-14-18-64(59)69(8,9)65(60)44-58/h10-40,42-46,61H,41H2,1-9H3. The lowest BCUT2D eigenvalue weighted by Gasteiger charge is -2.28. The molecule has 2 heteroatoms. The van der Waals surface area contributed by atoms with E-state index < -0.39 is 0 Å². The first-order valence-corrected chi connectivity index (χ1v) is 25.8. The monoisotopic (exact) mass is 923 g/mol. The number of benzene rings is 9. The molecule has 1 aliphatic rings. The van der Waals surface area contributed by atoms with E-state index in [4.69, 9.17) is 0 Å². The highest BCUT2D eigenvalue weighted by molar-refractivity contribution is 6.11. The summed E-state index contributed by atoms with van der Waals surface area (Å²) < 4.78 is 2.45. The lowest BCUT2D eigenvalue weighted by atomic mass is 9.82. The summed E-state index contributed by atoms with van der Waals surface area (Å²) in [5.41, 5.74) is 22.4. The first kappa shape index (κ1) is 46.0. The van der Waals surface area contributed by atoms with Crippen LogP contribution in [0, 0.1) is 11.8 Å². The van der Waals surface area contributed by atoms with Crippen LogP contribution in [0.2, 0.25) is 0 Å². The van der Waals surface area contributed by atoms with Gasteiger partial charge in [0.05, 0.1) is 11.0 Å². The van der Waals surface area contributed by atoms with Crippen LogP contribution < -0.4 is 4.90 Å². The third-order valence-electron chi connectivity index (χ3n) is 15.5. The molecule has 1 atom stereocenters. The van der Waals surface area contributed by atoms with Gasteiger partial charge in [-0.2, -0.15) is 0 Å². The fourth-order valence-electron chi connectivity index (χ4n) is 11.5. The van der Waals surface area contributed by atoms with Crippen LogP contribution in [0.25, 0.3) is 72.0 Å². The van der Waals surface area contributed by atoms with Crippen molar-refractivity contribution in [2.24, 2.45) is 11.8 Å². The van der Waals surface area contributed by atoms with Crippen LogP contribution in [-0.2, 0) is 10.8 Å². The summed E-state index contributed by atoms with van der Waals surface area (Å²) in [4.78, 5) is 2.42. The molecule has 1 heterocycles. The molecule has 0 aliphatic heterocycles. The molecule has 1 unspecified atom stereocenters. The first-order chi connectivity index (χ1) is 34.2. The summed E-state index contributed by atoms with van der Waals surface area (Å²) in [6.45, 7) is 21.0. The minimum Gasteiger partial charge on any atom is -0.310 e. The first-order valence-electron chi connectivity index (χ1n) is 25.8. The minimum absolute atomic E-state index is 0.0763. The number of hydrogen-bond acceptors (Lipinski definition) is 1. The maximum atomic E-state index is 2.45. The van der Waals surface area contributed by atoms with Gasteiger partial charge >= 0.3 is 0 Å². The Balaban J connectivity index is 1.00. The van der Waals surface area contributed by atoms with E-state index in [1.165, 1.54) is 101 Å². The summed E-state index contributed by atoms with van der Waals surface area (Å²) in [6.07, 6.45) is 1.20. The Morgan fingerprint density at radius 1 is 0.451 bits per heavy atom. The van der Waals surface area contributed by atoms with Crippen LogP contribution in [-0.4, -0.2) is 4.57 Å². The predicted octanol–water partition coefficient (Wildman–Crippen LogP) is 19.6. The van der Waals surface area contributed by atoms with Gasteiger partial charge in [0.25, 0.3) is 0 Å². The summed E-state index contributed by atoms with van der Waals surface area (Å²) in [5.74, 6) is 1.82. The van der Waals surface area contributed by atoms with Gasteiger partial charge in [-0.15, -0.1) is 0 Å². The zero-order valence-electron chi connectivity index (χ0n) is 43.0. The van der Waals surface area contributed by atoms with Gasteiger partial charge in [-0.05, 0) is 169 Å². The molecule has 11 rings (SSSR count). The van der Waals surface area contributed by atoms with Gasteiger partial charge in [-0.1, -0.05) is 196 Å². The number of aromatic nitrogens is 1. The van der Waals surface area contributed by atoms with Crippen LogP contribution in [0.3, 0.4) is 0 Å². The number of fused-ring (bicyclic) bond motifs is 6. The van der Waals surface area contributed by atoms with Crippen LogP contribution in [0.4, 0.5) is 17.1 Å². The van der Waals surface area contributed by atoms with Crippen molar-refractivity contribution in [1.82, 2.24) is 4.57 Å². The molecule has 0 saturated carbocycles. The van der Waals surface area contributed by atoms with E-state index in [2.05, 4.69) is 278 Å². The predicted molar refractivity (Wildman–Crippen MR) is 305 cm³/mol. The van der Waals surface area contributed by atoms with Crippen LogP contribution in [0.15, 0.2) is 206 Å². The lowest BCUT2D eigenvalue weighted by Crippen LogP contribution is -2.16. The Bertz CT molecular complexity index is 3530. The Morgan fingerprint density at radius 3 is 1.48 bits per heavy atom. The second kappa shape index (κ2) is 18.1. The molecule has 0 radical (unpaired) electrons. The highest BCUT2D eigenvalue weighted by atomic mass is 15.1. The molecule has 0 saturated heterocycles. The van der Waals surface area contributed by atoms with Gasteiger partial charge in [0.15, 0.2) is 0 Å². The molecule has 1 aliphatic carbocycles. The van der Waals surface area contributed by atoms with Crippen molar-refractivity contribution >= 4 is 38.9 Å². The van der Waals surface area contributed by atoms with Gasteiger partial charge in [-0.3, -0.25) is 0 Å². The van der Waals surface area contributed by atoms with Gasteiger partial charge in [0, 0.05) is 38.9 Å². The van der Waals surface area contributed by atoms with Crippen molar-refractivity contribution in [3.8, 4) is 50.2 Å². The van der Waals surface area contributed by atoms with E-state index in [0.717, 1.165) is 17.1 Å². The molecule has 0 amide bonds. The quantitative estimate of drug-likeness (QED) is 0.125. The molecule has 71 heavy (non-hydrogen) atoms. The van der Waals surface area contributed by atoms with Crippen LogP contribution in [0.1, 0.15) is 96.9 Å². The summed E-state index contributed by atoms with van der Waals surface area (Å²) >= 11 is 0. The zero-order valence-corrected chi connectivity index (χ0v) is 43.0. The Morgan fingerprint density at radius 2 is 0.930 bits per heavy atom. The average Bonchev–Trinajstić information content (AvgIpc) is 3.83. The number of anilines is 3. The Hall–Kier alpha value is -7.42. The summed E-state index contributed by atoms with van der Waals surface area (Å²) in [7, 11) is 0. The van der Waals surface area contributed by atoms with Gasteiger partial charge < -0.3 is 9.47 Å². The van der Waals surface area contributed by atoms with Gasteiger partial charge in [0.2, 0.25) is 0 Å². The van der Waals surface area contributed by atoms with Crippen molar-refractivity contribution in [2.45, 2.75) is 85.5 Å². The van der Waals surface area contributed by atoms with Crippen LogP contribution in [0.5, 0.6) is 0 Å². The van der Waals surface area contributed by atoms with E-state index in [1.807, 2.05) is 0 Å². The second-order valence-electron chi connectivity index (χ2n) is 22.4. The summed E-state index contributed by atoms with van der Waals surface area (Å²) in [5, 5.41) is 2.50. The summed E-state index contributed by atoms with van der Waals surface area (Å²) in [6, 6.07) is 77.6. The highest BCUT2D eigenvalue weighted by Crippen LogP contribution is 2.51. The lowest BCUT2D eigenvalue weighted by molar-refractivity contribution is 0.408. The molecule has 0 spiro atoms. The van der Waals surface area contributed by atoms with Crippen molar-refractivity contribution in [2.75, 3.05) is 4.90 Å². The fraction of sp³-hybridized carbons (Fsp3) is 0.217. The Labute approximate surface area is 422 Å². The van der Waals surface area contributed by atoms with E-state index in [9.17, 15) is 0 Å². The normalized spacial score (nSPS) is 13.5. The van der Waals surface area contributed by atoms with Gasteiger partial charge in [-0.25, -0.2) is 0 Å². The third-order valence-corrected chi connectivity index (χ3v) is 15.5. The molecule has 0 bridgehead atoms. The molecule has 10 aromatic rings. The average molecular weight is 923 g/mol. The zero-order chi connectivity index (χ0) is 49.2. The molecule has 0 N–H and O–H groups in total. The molecule has 1 aromatic heterocycles. The maximum absolute atomic E-state index is 2.45. The Kier molecular flexibility index (Phi) is 11.7. The maximum Gasteiger partial charge on any atom is 0.0541 e. The highest BCUT2D eigenvalue weighted by Gasteiger charge is 2.36. The molecule has 352 valence electrons. The molecular formula is C69H66N2. The number of rotatable bonds is 11. The van der Waals surface area contributed by atoms with E-state index in [1.54, 1.807) is 0 Å². The fourth-order valence-corrected chi connectivity index (χ4v) is 11.5. The van der Waals surface area contributed by atoms with E-state index in [0.29, 0.717) is 17.8 Å². The van der Waals surface area contributed by atoms with Gasteiger partial charge in [0.1, 0.15) is 0 Å². The number of nitrogens with zero attached hydrogens (tertiary/aromatic N) is 2. The van der Waals surface area contributed by atoms with E-state index >= 15 is 0 Å². The van der Waals surface area contributed by atoms with E-state index in [-0.39, 0.29) is 10.8 Å². The molecular weight excluding hydrogens is 857 g/mol. The van der Waals surface area contributed by atoms with Crippen molar-refractivity contribution in [3.63, 3.8) is 0 Å². The van der Waals surface area contributed by atoms with Crippen molar-refractivity contribution in [3.05, 3.63) is 229 Å². The smallest absolute Gasteiger partial charge is 0.0541 e. The minimum atomic E-state index is -0.109.